The molecule has 0 bridgehead atoms. The fraction of sp³-hybridized carbons (Fsp3) is 0.667. The van der Waals surface area contributed by atoms with Gasteiger partial charge in [-0.3, -0.25) is 9.69 Å². The largest absolute Gasteiger partial charge is 0.396 e. The van der Waals surface area contributed by atoms with Gasteiger partial charge in [0.15, 0.2) is 0 Å². The maximum absolute atomic E-state index is 12.8. The molecule has 26 heavy (non-hydrogen) atoms. The predicted octanol–water partition coefficient (Wildman–Crippen LogP) is 2.13. The summed E-state index contributed by atoms with van der Waals surface area (Å²) in [6.45, 7) is 10.3. The summed E-state index contributed by atoms with van der Waals surface area (Å²) in [4.78, 5) is 19.4. The first-order valence-corrected chi connectivity index (χ1v) is 9.98. The highest BCUT2D eigenvalue weighted by molar-refractivity contribution is 5.78. The van der Waals surface area contributed by atoms with E-state index in [0.717, 1.165) is 52.0 Å². The van der Waals surface area contributed by atoms with E-state index in [0.29, 0.717) is 13.1 Å². The molecule has 0 spiro atoms. The lowest BCUT2D eigenvalue weighted by Crippen LogP contribution is -2.53. The van der Waals surface area contributed by atoms with E-state index in [1.165, 1.54) is 11.3 Å². The molecule has 2 heterocycles. The van der Waals surface area contributed by atoms with E-state index < -0.39 is 0 Å². The molecule has 0 aromatic heterocycles. The van der Waals surface area contributed by atoms with Crippen molar-refractivity contribution < 1.29 is 9.90 Å². The number of piperazine rings is 1. The fourth-order valence-corrected chi connectivity index (χ4v) is 4.23. The second-order valence-electron chi connectivity index (χ2n) is 8.03. The lowest BCUT2D eigenvalue weighted by Gasteiger charge is -2.42. The van der Waals surface area contributed by atoms with Crippen LogP contribution in [0.4, 0.5) is 5.69 Å². The molecule has 1 N–H and O–H groups in total. The number of hydrogen-bond acceptors (Lipinski definition) is 4. The molecule has 2 fully saturated rings. The molecule has 1 amide bonds. The van der Waals surface area contributed by atoms with Gasteiger partial charge in [-0.2, -0.15) is 0 Å². The van der Waals surface area contributed by atoms with Crippen molar-refractivity contribution in [1.29, 1.82) is 0 Å². The number of anilines is 1. The van der Waals surface area contributed by atoms with E-state index in [9.17, 15) is 9.90 Å². The summed E-state index contributed by atoms with van der Waals surface area (Å²) in [6.07, 6.45) is 2.96. The van der Waals surface area contributed by atoms with Crippen molar-refractivity contribution in [3.63, 3.8) is 0 Å². The van der Waals surface area contributed by atoms with Gasteiger partial charge in [0.05, 0.1) is 13.2 Å². The van der Waals surface area contributed by atoms with E-state index in [-0.39, 0.29) is 17.9 Å². The van der Waals surface area contributed by atoms with E-state index >= 15 is 0 Å². The molecule has 0 aliphatic carbocycles. The predicted molar refractivity (Wildman–Crippen MR) is 105 cm³/mol. The number of rotatable bonds is 5. The highest BCUT2D eigenvalue weighted by Crippen LogP contribution is 2.32. The van der Waals surface area contributed by atoms with Gasteiger partial charge in [-0.05, 0) is 43.9 Å². The lowest BCUT2D eigenvalue weighted by atomic mass is 9.78. The number of benzene rings is 1. The van der Waals surface area contributed by atoms with Gasteiger partial charge in [0.25, 0.3) is 0 Å². The number of hydrogen-bond donors (Lipinski definition) is 1. The van der Waals surface area contributed by atoms with Crippen LogP contribution in [0.25, 0.3) is 0 Å². The molecule has 5 nitrogen and oxygen atoms in total. The quantitative estimate of drug-likeness (QED) is 0.875. The third kappa shape index (κ3) is 4.38. The van der Waals surface area contributed by atoms with Crippen LogP contribution in [0, 0.1) is 12.3 Å². The summed E-state index contributed by atoms with van der Waals surface area (Å²) in [5.74, 6) is 0.222. The molecule has 2 saturated heterocycles. The first-order valence-electron chi connectivity index (χ1n) is 9.98. The molecule has 1 aromatic rings. The van der Waals surface area contributed by atoms with Crippen LogP contribution in [0.5, 0.6) is 0 Å². The maximum atomic E-state index is 12.8. The van der Waals surface area contributed by atoms with Crippen molar-refractivity contribution in [2.75, 3.05) is 57.3 Å². The summed E-state index contributed by atoms with van der Waals surface area (Å²) < 4.78 is 0. The van der Waals surface area contributed by atoms with Crippen LogP contribution in [-0.2, 0) is 4.79 Å². The van der Waals surface area contributed by atoms with E-state index in [4.69, 9.17) is 0 Å². The molecular formula is C21H33N3O2. The van der Waals surface area contributed by atoms with E-state index in [2.05, 4.69) is 47.9 Å². The van der Waals surface area contributed by atoms with Gasteiger partial charge in [0, 0.05) is 50.4 Å². The minimum atomic E-state index is -0.0855. The van der Waals surface area contributed by atoms with Gasteiger partial charge < -0.3 is 14.9 Å². The van der Waals surface area contributed by atoms with Crippen LogP contribution in [0.1, 0.15) is 31.7 Å². The van der Waals surface area contributed by atoms with Crippen LogP contribution in [0.15, 0.2) is 24.3 Å². The van der Waals surface area contributed by atoms with Crippen molar-refractivity contribution in [3.05, 3.63) is 29.8 Å². The van der Waals surface area contributed by atoms with Gasteiger partial charge in [0.1, 0.15) is 0 Å². The Hall–Kier alpha value is -1.59. The van der Waals surface area contributed by atoms with Crippen molar-refractivity contribution in [2.24, 2.45) is 5.41 Å². The molecule has 1 aromatic carbocycles. The molecule has 2 aliphatic heterocycles. The maximum Gasteiger partial charge on any atom is 0.236 e. The highest BCUT2D eigenvalue weighted by atomic mass is 16.3. The van der Waals surface area contributed by atoms with E-state index in [1.54, 1.807) is 0 Å². The summed E-state index contributed by atoms with van der Waals surface area (Å²) >= 11 is 0. The van der Waals surface area contributed by atoms with Crippen LogP contribution in [0.2, 0.25) is 0 Å². The number of aliphatic hydroxyl groups is 1. The number of nitrogens with zero attached hydrogens (tertiary/aromatic N) is 3. The van der Waals surface area contributed by atoms with Crippen LogP contribution < -0.4 is 4.90 Å². The second kappa shape index (κ2) is 8.40. The van der Waals surface area contributed by atoms with Gasteiger partial charge in [-0.1, -0.05) is 19.1 Å². The Labute approximate surface area is 157 Å². The average Bonchev–Trinajstić information content (AvgIpc) is 2.68. The van der Waals surface area contributed by atoms with Gasteiger partial charge >= 0.3 is 0 Å². The molecule has 3 rings (SSSR count). The van der Waals surface area contributed by atoms with E-state index in [1.807, 2.05) is 4.90 Å². The lowest BCUT2D eigenvalue weighted by molar-refractivity contribution is -0.137. The standard InChI is InChI=1S/C21H33N3O2/c1-3-21(17-25)8-5-9-24(16-21)20(26)15-22-10-12-23(13-11-22)19-7-4-6-18(2)14-19/h4,6-7,14,25H,3,5,8-13,15-17H2,1-2H3/t21-/m1/s1. The Morgan fingerprint density at radius 1 is 1.19 bits per heavy atom. The first-order chi connectivity index (χ1) is 12.5. The average molecular weight is 360 g/mol. The number of likely N-dealkylation sites (tertiary alicyclic amines) is 1. The van der Waals surface area contributed by atoms with Crippen LogP contribution >= 0.6 is 0 Å². The molecular weight excluding hydrogens is 326 g/mol. The zero-order chi connectivity index (χ0) is 18.6. The molecule has 2 aliphatic rings. The third-order valence-corrected chi connectivity index (χ3v) is 6.20. The van der Waals surface area contributed by atoms with Crippen molar-refractivity contribution in [3.8, 4) is 0 Å². The Kier molecular flexibility index (Phi) is 6.20. The van der Waals surface area contributed by atoms with Gasteiger partial charge in [0.2, 0.25) is 5.91 Å². The molecule has 0 radical (unpaired) electrons. The molecule has 0 unspecified atom stereocenters. The van der Waals surface area contributed by atoms with Crippen LogP contribution in [0.3, 0.4) is 0 Å². The number of aryl methyl sites for hydroxylation is 1. The summed E-state index contributed by atoms with van der Waals surface area (Å²) in [7, 11) is 0. The summed E-state index contributed by atoms with van der Waals surface area (Å²) in [5, 5.41) is 9.77. The Balaban J connectivity index is 1.50. The summed E-state index contributed by atoms with van der Waals surface area (Å²) in [5.41, 5.74) is 2.48. The first kappa shape index (κ1) is 19.2. The summed E-state index contributed by atoms with van der Waals surface area (Å²) in [6, 6.07) is 8.63. The smallest absolute Gasteiger partial charge is 0.236 e. The molecule has 144 valence electrons. The number of carbonyl (C=O) groups excluding carboxylic acids is 1. The van der Waals surface area contributed by atoms with Crippen molar-refractivity contribution in [2.45, 2.75) is 33.1 Å². The molecule has 1 atom stereocenters. The highest BCUT2D eigenvalue weighted by Gasteiger charge is 2.35. The van der Waals surface area contributed by atoms with Gasteiger partial charge in [-0.25, -0.2) is 0 Å². The Morgan fingerprint density at radius 3 is 2.62 bits per heavy atom. The molecule has 5 heteroatoms. The normalized spacial score (nSPS) is 24.7. The Morgan fingerprint density at radius 2 is 1.96 bits per heavy atom. The number of carbonyl (C=O) groups is 1. The minimum absolute atomic E-state index is 0.0855. The topological polar surface area (TPSA) is 47.0 Å². The van der Waals surface area contributed by atoms with Crippen LogP contribution in [-0.4, -0.2) is 73.2 Å². The minimum Gasteiger partial charge on any atom is -0.396 e. The number of amides is 1. The number of aliphatic hydroxyl groups excluding tert-OH is 1. The SMILES string of the molecule is CC[C@@]1(CO)CCCN(C(=O)CN2CCN(c3cccc(C)c3)CC2)C1. The third-order valence-electron chi connectivity index (χ3n) is 6.20. The second-order valence-corrected chi connectivity index (χ2v) is 8.03. The fourth-order valence-electron chi connectivity index (χ4n) is 4.23. The molecule has 0 saturated carbocycles. The zero-order valence-corrected chi connectivity index (χ0v) is 16.3. The zero-order valence-electron chi connectivity index (χ0n) is 16.3. The monoisotopic (exact) mass is 359 g/mol. The Bertz CT molecular complexity index is 607. The number of piperidine rings is 1. The van der Waals surface area contributed by atoms with Crippen molar-refractivity contribution in [1.82, 2.24) is 9.80 Å². The van der Waals surface area contributed by atoms with Crippen molar-refractivity contribution >= 4 is 11.6 Å². The van der Waals surface area contributed by atoms with Gasteiger partial charge in [-0.15, -0.1) is 0 Å².